The average Bonchev–Trinajstić information content (AvgIpc) is 2.54. The third kappa shape index (κ3) is 3.17. The number of anilines is 2. The quantitative estimate of drug-likeness (QED) is 0.647. The molecule has 1 heterocycles. The van der Waals surface area contributed by atoms with E-state index >= 15 is 0 Å². The minimum atomic E-state index is -0.504. The van der Waals surface area contributed by atoms with Gasteiger partial charge in [0.25, 0.3) is 5.69 Å². The summed E-state index contributed by atoms with van der Waals surface area (Å²) in [6, 6.07) is 6.31. The first kappa shape index (κ1) is 15.4. The lowest BCUT2D eigenvalue weighted by Crippen LogP contribution is -1.99. The van der Waals surface area contributed by atoms with Gasteiger partial charge in [-0.2, -0.15) is 0 Å². The molecule has 0 spiro atoms. The minimum absolute atomic E-state index is 0.0737. The van der Waals surface area contributed by atoms with Gasteiger partial charge in [-0.1, -0.05) is 0 Å². The van der Waals surface area contributed by atoms with Gasteiger partial charge in [0.05, 0.1) is 26.3 Å². The molecule has 22 heavy (non-hydrogen) atoms. The molecule has 0 unspecified atom stereocenters. The van der Waals surface area contributed by atoms with Crippen molar-refractivity contribution in [1.82, 2.24) is 4.98 Å². The van der Waals surface area contributed by atoms with Crippen LogP contribution in [-0.4, -0.2) is 31.2 Å². The molecule has 0 fully saturated rings. The molecule has 0 radical (unpaired) electrons. The molecule has 0 aliphatic heterocycles. The van der Waals surface area contributed by atoms with Crippen molar-refractivity contribution < 1.29 is 19.1 Å². The van der Waals surface area contributed by atoms with Crippen LogP contribution in [0.3, 0.4) is 0 Å². The zero-order valence-electron chi connectivity index (χ0n) is 12.3. The van der Waals surface area contributed by atoms with Crippen LogP contribution in [0.4, 0.5) is 17.2 Å². The summed E-state index contributed by atoms with van der Waals surface area (Å²) >= 11 is 0. The number of pyridine rings is 1. The molecule has 1 N–H and O–H groups in total. The highest BCUT2D eigenvalue weighted by molar-refractivity contribution is 5.66. The van der Waals surface area contributed by atoms with E-state index in [-0.39, 0.29) is 5.69 Å². The Hall–Kier alpha value is -3.03. The lowest BCUT2D eigenvalue weighted by molar-refractivity contribution is -0.385. The van der Waals surface area contributed by atoms with Crippen molar-refractivity contribution in [3.05, 3.63) is 40.6 Å². The zero-order chi connectivity index (χ0) is 16.1. The second kappa shape index (κ2) is 6.61. The Bertz CT molecular complexity index is 648. The summed E-state index contributed by atoms with van der Waals surface area (Å²) < 4.78 is 15.7. The number of benzene rings is 1. The van der Waals surface area contributed by atoms with E-state index in [1.807, 2.05) is 0 Å². The van der Waals surface area contributed by atoms with Crippen LogP contribution in [0.2, 0.25) is 0 Å². The monoisotopic (exact) mass is 305 g/mol. The molecule has 8 heteroatoms. The first-order valence-corrected chi connectivity index (χ1v) is 6.26. The summed E-state index contributed by atoms with van der Waals surface area (Å²) in [6.45, 7) is 0. The summed E-state index contributed by atoms with van der Waals surface area (Å²) in [4.78, 5) is 14.1. The van der Waals surface area contributed by atoms with E-state index in [4.69, 9.17) is 14.2 Å². The van der Waals surface area contributed by atoms with E-state index in [0.29, 0.717) is 28.8 Å². The van der Waals surface area contributed by atoms with Crippen LogP contribution in [0.5, 0.6) is 17.2 Å². The van der Waals surface area contributed by atoms with Crippen molar-refractivity contribution in [3.63, 3.8) is 0 Å². The fourth-order valence-electron chi connectivity index (χ4n) is 1.87. The molecular weight excluding hydrogens is 290 g/mol. The molecule has 1 aromatic heterocycles. The number of nitrogens with zero attached hydrogens (tertiary/aromatic N) is 2. The zero-order valence-corrected chi connectivity index (χ0v) is 12.3. The number of methoxy groups -OCH3 is 3. The van der Waals surface area contributed by atoms with Crippen LogP contribution >= 0.6 is 0 Å². The molecular formula is C14H15N3O5. The number of hydrogen-bond acceptors (Lipinski definition) is 7. The normalized spacial score (nSPS) is 9.95. The molecule has 0 amide bonds. The highest BCUT2D eigenvalue weighted by Gasteiger charge is 2.13. The fourth-order valence-corrected chi connectivity index (χ4v) is 1.87. The van der Waals surface area contributed by atoms with Crippen LogP contribution in [0.1, 0.15) is 0 Å². The van der Waals surface area contributed by atoms with E-state index in [9.17, 15) is 10.1 Å². The lowest BCUT2D eigenvalue weighted by atomic mass is 10.2. The van der Waals surface area contributed by atoms with Gasteiger partial charge in [0.1, 0.15) is 12.0 Å². The topological polar surface area (TPSA) is 95.8 Å². The van der Waals surface area contributed by atoms with E-state index in [1.54, 1.807) is 12.1 Å². The number of ether oxygens (including phenoxy) is 3. The number of rotatable bonds is 6. The van der Waals surface area contributed by atoms with Crippen molar-refractivity contribution in [2.75, 3.05) is 26.6 Å². The van der Waals surface area contributed by atoms with Gasteiger partial charge in [0, 0.05) is 23.9 Å². The van der Waals surface area contributed by atoms with Gasteiger partial charge in [0.15, 0.2) is 11.5 Å². The van der Waals surface area contributed by atoms with Crippen molar-refractivity contribution in [3.8, 4) is 17.2 Å². The Morgan fingerprint density at radius 3 is 2.14 bits per heavy atom. The molecule has 0 aliphatic carbocycles. The Balaban J connectivity index is 2.30. The highest BCUT2D eigenvalue weighted by atomic mass is 16.6. The Labute approximate surface area is 126 Å². The van der Waals surface area contributed by atoms with E-state index in [0.717, 1.165) is 0 Å². The standard InChI is InChI=1S/C14H15N3O5/c1-20-11-6-9(7-12(21-2)14(11)22-3)16-13-5-4-10(8-15-13)17(18)19/h4-8H,1-3H3,(H,15,16). The SMILES string of the molecule is COc1cc(Nc2ccc([N+](=O)[O-])cn2)cc(OC)c1OC. The van der Waals surface area contributed by atoms with Crippen LogP contribution in [-0.2, 0) is 0 Å². The Kier molecular flexibility index (Phi) is 4.62. The van der Waals surface area contributed by atoms with Gasteiger partial charge in [-0.25, -0.2) is 4.98 Å². The molecule has 0 saturated heterocycles. The van der Waals surface area contributed by atoms with Gasteiger partial charge in [-0.3, -0.25) is 10.1 Å². The number of hydrogen-bond donors (Lipinski definition) is 1. The summed E-state index contributed by atoms with van der Waals surface area (Å²) in [5.74, 6) is 1.92. The summed E-state index contributed by atoms with van der Waals surface area (Å²) in [7, 11) is 4.56. The van der Waals surface area contributed by atoms with Crippen LogP contribution in [0.15, 0.2) is 30.5 Å². The van der Waals surface area contributed by atoms with E-state index in [2.05, 4.69) is 10.3 Å². The number of nitrogens with one attached hydrogen (secondary N) is 1. The maximum Gasteiger partial charge on any atom is 0.287 e. The number of aromatic nitrogens is 1. The molecule has 0 aliphatic rings. The molecule has 0 bridgehead atoms. The van der Waals surface area contributed by atoms with Gasteiger partial charge >= 0.3 is 0 Å². The molecule has 8 nitrogen and oxygen atoms in total. The van der Waals surface area contributed by atoms with Crippen molar-refractivity contribution in [2.45, 2.75) is 0 Å². The van der Waals surface area contributed by atoms with Gasteiger partial charge < -0.3 is 19.5 Å². The maximum absolute atomic E-state index is 10.6. The second-order valence-corrected chi connectivity index (χ2v) is 4.20. The predicted octanol–water partition coefficient (Wildman–Crippen LogP) is 2.76. The molecule has 116 valence electrons. The molecule has 1 aromatic carbocycles. The third-order valence-electron chi connectivity index (χ3n) is 2.90. The van der Waals surface area contributed by atoms with Crippen LogP contribution in [0.25, 0.3) is 0 Å². The minimum Gasteiger partial charge on any atom is -0.493 e. The summed E-state index contributed by atoms with van der Waals surface area (Å²) in [5.41, 5.74) is 0.575. The van der Waals surface area contributed by atoms with Crippen molar-refractivity contribution >= 4 is 17.2 Å². The predicted molar refractivity (Wildman–Crippen MR) is 80.3 cm³/mol. The smallest absolute Gasteiger partial charge is 0.287 e. The number of nitro groups is 1. The second-order valence-electron chi connectivity index (χ2n) is 4.20. The Morgan fingerprint density at radius 2 is 1.73 bits per heavy atom. The van der Waals surface area contributed by atoms with Crippen LogP contribution in [0, 0.1) is 10.1 Å². The summed E-state index contributed by atoms with van der Waals surface area (Å²) in [5, 5.41) is 13.6. The molecule has 0 atom stereocenters. The van der Waals surface area contributed by atoms with Gasteiger partial charge in [-0.15, -0.1) is 0 Å². The fraction of sp³-hybridized carbons (Fsp3) is 0.214. The van der Waals surface area contributed by atoms with Gasteiger partial charge in [-0.05, 0) is 6.07 Å². The first-order chi connectivity index (χ1) is 10.6. The van der Waals surface area contributed by atoms with Gasteiger partial charge in [0.2, 0.25) is 5.75 Å². The lowest BCUT2D eigenvalue weighted by Gasteiger charge is -2.14. The third-order valence-corrected chi connectivity index (χ3v) is 2.90. The van der Waals surface area contributed by atoms with Crippen LogP contribution < -0.4 is 19.5 Å². The van der Waals surface area contributed by atoms with E-state index in [1.165, 1.54) is 39.7 Å². The largest absolute Gasteiger partial charge is 0.493 e. The Morgan fingerprint density at radius 1 is 1.09 bits per heavy atom. The molecule has 0 saturated carbocycles. The molecule has 2 aromatic rings. The maximum atomic E-state index is 10.6. The molecule has 2 rings (SSSR count). The van der Waals surface area contributed by atoms with E-state index < -0.39 is 4.92 Å². The van der Waals surface area contributed by atoms with Crippen molar-refractivity contribution in [1.29, 1.82) is 0 Å². The summed E-state index contributed by atoms with van der Waals surface area (Å²) in [6.07, 6.45) is 1.18. The first-order valence-electron chi connectivity index (χ1n) is 6.26. The highest BCUT2D eigenvalue weighted by Crippen LogP contribution is 2.40. The average molecular weight is 305 g/mol. The van der Waals surface area contributed by atoms with Crippen molar-refractivity contribution in [2.24, 2.45) is 0 Å².